The Morgan fingerprint density at radius 3 is 2.49 bits per heavy atom. The number of nitrogens with zero attached hydrogens (tertiary/aromatic N) is 4. The molecule has 4 rings (SSSR count). The van der Waals surface area contributed by atoms with Gasteiger partial charge in [-0.3, -0.25) is 14.3 Å². The van der Waals surface area contributed by atoms with Crippen LogP contribution in [0.2, 0.25) is 0 Å². The summed E-state index contributed by atoms with van der Waals surface area (Å²) in [6.45, 7) is 9.26. The summed E-state index contributed by atoms with van der Waals surface area (Å²) in [5, 5.41) is 0. The standard InChI is InChI=1S/C27H26F2N4O2/c1-15(2)26-30-9-8-22(32-26)23-12-24(16(3)13-31-23)33-17(4)10-25(18(5)27(33)34)35-14-19-6-7-20(28)11-21(19)29/h6-13,15H,14H2,1-5H3. The van der Waals surface area contributed by atoms with Crippen LogP contribution in [0.1, 0.15) is 48.0 Å². The molecular weight excluding hydrogens is 450 g/mol. The zero-order valence-corrected chi connectivity index (χ0v) is 20.3. The number of aryl methyl sites for hydroxylation is 2. The summed E-state index contributed by atoms with van der Waals surface area (Å²) in [6, 6.07) is 8.67. The summed E-state index contributed by atoms with van der Waals surface area (Å²) in [5.41, 5.74) is 3.76. The van der Waals surface area contributed by atoms with Crippen molar-refractivity contribution in [3.63, 3.8) is 0 Å². The van der Waals surface area contributed by atoms with Gasteiger partial charge in [-0.1, -0.05) is 13.8 Å². The molecule has 0 spiro atoms. The van der Waals surface area contributed by atoms with Gasteiger partial charge < -0.3 is 4.74 Å². The van der Waals surface area contributed by atoms with Crippen LogP contribution >= 0.6 is 0 Å². The Hall–Kier alpha value is -3.94. The van der Waals surface area contributed by atoms with Crippen molar-refractivity contribution in [3.8, 4) is 22.8 Å². The fraction of sp³-hybridized carbons (Fsp3) is 0.259. The summed E-state index contributed by atoms with van der Waals surface area (Å²) >= 11 is 0. The van der Waals surface area contributed by atoms with Crippen LogP contribution in [-0.2, 0) is 6.61 Å². The zero-order valence-electron chi connectivity index (χ0n) is 20.3. The van der Waals surface area contributed by atoms with Gasteiger partial charge in [0, 0.05) is 41.7 Å². The van der Waals surface area contributed by atoms with Crippen molar-refractivity contribution in [3.05, 3.63) is 99.0 Å². The van der Waals surface area contributed by atoms with Gasteiger partial charge in [0.15, 0.2) is 0 Å². The van der Waals surface area contributed by atoms with Gasteiger partial charge in [0.25, 0.3) is 5.56 Å². The number of hydrogen-bond acceptors (Lipinski definition) is 5. The van der Waals surface area contributed by atoms with Crippen LogP contribution in [0.15, 0.2) is 53.6 Å². The number of pyridine rings is 2. The highest BCUT2D eigenvalue weighted by atomic mass is 19.1. The number of rotatable bonds is 6. The molecule has 0 unspecified atom stereocenters. The van der Waals surface area contributed by atoms with Gasteiger partial charge >= 0.3 is 0 Å². The van der Waals surface area contributed by atoms with E-state index in [9.17, 15) is 13.6 Å². The first kappa shape index (κ1) is 24.2. The predicted octanol–water partition coefficient (Wildman–Crippen LogP) is 5.60. The van der Waals surface area contributed by atoms with Crippen molar-refractivity contribution < 1.29 is 13.5 Å². The summed E-state index contributed by atoms with van der Waals surface area (Å²) in [6.07, 6.45) is 3.42. The van der Waals surface area contributed by atoms with Crippen molar-refractivity contribution in [2.45, 2.75) is 47.1 Å². The molecule has 8 heteroatoms. The highest BCUT2D eigenvalue weighted by Gasteiger charge is 2.16. The maximum absolute atomic E-state index is 14.0. The molecule has 0 aliphatic rings. The van der Waals surface area contributed by atoms with E-state index in [0.29, 0.717) is 34.1 Å². The third kappa shape index (κ3) is 4.96. The first-order valence-corrected chi connectivity index (χ1v) is 11.3. The van der Waals surface area contributed by atoms with Crippen molar-refractivity contribution >= 4 is 0 Å². The minimum atomic E-state index is -0.696. The average Bonchev–Trinajstić information content (AvgIpc) is 2.82. The van der Waals surface area contributed by atoms with Gasteiger partial charge in [-0.2, -0.15) is 0 Å². The Kier molecular flexibility index (Phi) is 6.73. The molecule has 0 N–H and O–H groups in total. The van der Waals surface area contributed by atoms with Crippen molar-refractivity contribution in [1.29, 1.82) is 0 Å². The molecule has 0 amide bonds. The molecule has 0 aliphatic heterocycles. The molecule has 4 aromatic rings. The molecule has 0 radical (unpaired) electrons. The second-order valence-electron chi connectivity index (χ2n) is 8.75. The summed E-state index contributed by atoms with van der Waals surface area (Å²) in [7, 11) is 0. The number of benzene rings is 1. The van der Waals surface area contributed by atoms with Crippen LogP contribution in [0.5, 0.6) is 5.75 Å². The first-order chi connectivity index (χ1) is 16.7. The monoisotopic (exact) mass is 476 g/mol. The SMILES string of the molecule is Cc1cnc(-c2ccnc(C(C)C)n2)cc1-n1c(C)cc(OCc2ccc(F)cc2F)c(C)c1=O. The second kappa shape index (κ2) is 9.74. The molecule has 180 valence electrons. The number of aromatic nitrogens is 4. The van der Waals surface area contributed by atoms with Crippen LogP contribution in [0.25, 0.3) is 17.1 Å². The predicted molar refractivity (Wildman–Crippen MR) is 130 cm³/mol. The van der Waals surface area contributed by atoms with Crippen LogP contribution in [0.3, 0.4) is 0 Å². The van der Waals surface area contributed by atoms with Gasteiger partial charge in [0.1, 0.15) is 29.8 Å². The largest absolute Gasteiger partial charge is 0.488 e. The first-order valence-electron chi connectivity index (χ1n) is 11.3. The minimum absolute atomic E-state index is 0.125. The molecule has 3 aromatic heterocycles. The Balaban J connectivity index is 1.71. The van der Waals surface area contributed by atoms with Crippen molar-refractivity contribution in [2.24, 2.45) is 0 Å². The topological polar surface area (TPSA) is 69.9 Å². The summed E-state index contributed by atoms with van der Waals surface area (Å²) in [4.78, 5) is 26.8. The zero-order chi connectivity index (χ0) is 25.3. The van der Waals surface area contributed by atoms with Crippen molar-refractivity contribution in [2.75, 3.05) is 0 Å². The molecule has 0 fully saturated rings. The third-order valence-corrected chi connectivity index (χ3v) is 5.75. The molecule has 3 heterocycles. The van der Waals surface area contributed by atoms with Gasteiger partial charge in [0.2, 0.25) is 0 Å². The summed E-state index contributed by atoms with van der Waals surface area (Å²) in [5.74, 6) is -0.122. The Morgan fingerprint density at radius 1 is 1.00 bits per heavy atom. The lowest BCUT2D eigenvalue weighted by Gasteiger charge is -2.17. The molecule has 0 atom stereocenters. The molecule has 1 aromatic carbocycles. The van der Waals surface area contributed by atoms with Crippen LogP contribution < -0.4 is 10.3 Å². The van der Waals surface area contributed by atoms with Gasteiger partial charge in [0.05, 0.1) is 22.6 Å². The van der Waals surface area contributed by atoms with Crippen LogP contribution in [0.4, 0.5) is 8.78 Å². The van der Waals surface area contributed by atoms with E-state index in [-0.39, 0.29) is 23.6 Å². The number of ether oxygens (including phenoxy) is 1. The molecule has 0 aliphatic carbocycles. The molecular formula is C27H26F2N4O2. The van der Waals surface area contributed by atoms with Gasteiger partial charge in [-0.25, -0.2) is 18.7 Å². The fourth-order valence-corrected chi connectivity index (χ4v) is 3.73. The van der Waals surface area contributed by atoms with E-state index in [1.54, 1.807) is 42.9 Å². The van der Waals surface area contributed by atoms with E-state index in [4.69, 9.17) is 4.74 Å². The number of halogens is 2. The van der Waals surface area contributed by atoms with Crippen molar-refractivity contribution in [1.82, 2.24) is 19.5 Å². The second-order valence-corrected chi connectivity index (χ2v) is 8.75. The minimum Gasteiger partial charge on any atom is -0.488 e. The summed E-state index contributed by atoms with van der Waals surface area (Å²) < 4.78 is 34.5. The fourth-order valence-electron chi connectivity index (χ4n) is 3.73. The van der Waals surface area contributed by atoms with Crippen LogP contribution in [-0.4, -0.2) is 19.5 Å². The normalized spacial score (nSPS) is 11.2. The average molecular weight is 477 g/mol. The van der Waals surface area contributed by atoms with E-state index in [1.807, 2.05) is 26.8 Å². The van der Waals surface area contributed by atoms with E-state index in [0.717, 1.165) is 17.5 Å². The molecule has 0 bridgehead atoms. The maximum Gasteiger partial charge on any atom is 0.261 e. The number of hydrogen-bond donors (Lipinski definition) is 0. The molecule has 0 saturated heterocycles. The highest BCUT2D eigenvalue weighted by Crippen LogP contribution is 2.25. The van der Waals surface area contributed by atoms with Gasteiger partial charge in [-0.05, 0) is 50.6 Å². The lowest BCUT2D eigenvalue weighted by atomic mass is 10.1. The highest BCUT2D eigenvalue weighted by molar-refractivity contribution is 5.59. The molecule has 6 nitrogen and oxygen atoms in total. The van der Waals surface area contributed by atoms with E-state index in [2.05, 4.69) is 15.0 Å². The van der Waals surface area contributed by atoms with E-state index >= 15 is 0 Å². The Bertz CT molecular complexity index is 1460. The Labute approximate surface area is 202 Å². The van der Waals surface area contributed by atoms with E-state index < -0.39 is 11.6 Å². The molecule has 0 saturated carbocycles. The van der Waals surface area contributed by atoms with Crippen LogP contribution in [0, 0.1) is 32.4 Å². The third-order valence-electron chi connectivity index (χ3n) is 5.75. The maximum atomic E-state index is 14.0. The smallest absolute Gasteiger partial charge is 0.261 e. The quantitative estimate of drug-likeness (QED) is 0.363. The van der Waals surface area contributed by atoms with Gasteiger partial charge in [-0.15, -0.1) is 0 Å². The Morgan fingerprint density at radius 2 is 1.77 bits per heavy atom. The van der Waals surface area contributed by atoms with E-state index in [1.165, 1.54) is 12.1 Å². The lowest BCUT2D eigenvalue weighted by molar-refractivity contribution is 0.296. The molecule has 35 heavy (non-hydrogen) atoms. The lowest BCUT2D eigenvalue weighted by Crippen LogP contribution is -2.24.